The van der Waals surface area contributed by atoms with Crippen molar-refractivity contribution in [1.82, 2.24) is 24.2 Å². The van der Waals surface area contributed by atoms with E-state index >= 15 is 0 Å². The monoisotopic (exact) mass is 514 g/mol. The van der Waals surface area contributed by atoms with Gasteiger partial charge in [0, 0.05) is 43.0 Å². The maximum absolute atomic E-state index is 14.5. The summed E-state index contributed by atoms with van der Waals surface area (Å²) in [5, 5.41) is 4.27. The summed E-state index contributed by atoms with van der Waals surface area (Å²) < 4.78 is 42.3. The van der Waals surface area contributed by atoms with Gasteiger partial charge >= 0.3 is 0 Å². The lowest BCUT2D eigenvalue weighted by Crippen LogP contribution is -2.41. The Morgan fingerprint density at radius 3 is 2.94 bits per heavy atom. The molecule has 182 valence electrons. The van der Waals surface area contributed by atoms with Crippen LogP contribution in [0.25, 0.3) is 22.4 Å². The van der Waals surface area contributed by atoms with Crippen molar-refractivity contribution in [3.8, 4) is 11.4 Å². The number of fused-ring (bicyclic) bond motifs is 1. The molecule has 0 amide bonds. The molecule has 0 aliphatic carbocycles. The minimum absolute atomic E-state index is 0.0113. The lowest BCUT2D eigenvalue weighted by atomic mass is 10.00. The van der Waals surface area contributed by atoms with Gasteiger partial charge in [-0.05, 0) is 49.4 Å². The second-order valence-electron chi connectivity index (χ2n) is 8.71. The molecule has 0 radical (unpaired) electrons. The lowest BCUT2D eigenvalue weighted by molar-refractivity contribution is 0.275. The fraction of sp³-hybridized carbons (Fsp3) is 0.292. The van der Waals surface area contributed by atoms with Gasteiger partial charge in [-0.15, -0.1) is 0 Å². The molecule has 1 aliphatic heterocycles. The Labute approximate surface area is 207 Å². The van der Waals surface area contributed by atoms with Crippen molar-refractivity contribution in [1.29, 1.82) is 0 Å². The number of aryl methyl sites for hydroxylation is 1. The summed E-state index contributed by atoms with van der Waals surface area (Å²) in [6.07, 6.45) is 5.93. The fourth-order valence-electron chi connectivity index (χ4n) is 4.36. The van der Waals surface area contributed by atoms with E-state index in [4.69, 9.17) is 11.6 Å². The van der Waals surface area contributed by atoms with Crippen LogP contribution in [0.3, 0.4) is 0 Å². The average Bonchev–Trinajstić information content (AvgIpc) is 3.27. The van der Waals surface area contributed by atoms with Gasteiger partial charge in [-0.3, -0.25) is 0 Å². The normalized spacial score (nSPS) is 17.1. The Morgan fingerprint density at radius 2 is 2.11 bits per heavy atom. The van der Waals surface area contributed by atoms with Crippen LogP contribution in [0.2, 0.25) is 5.02 Å². The Bertz CT molecular complexity index is 1490. The SMILES string of the molecule is Cc1cccc(S(=O)(=O)N2CCC[C@H](CNc3nc(-c4c[nH]c5ncc(Cl)cc45)ncc3F)C2)c1. The molecule has 11 heteroatoms. The van der Waals surface area contributed by atoms with Crippen LogP contribution in [0, 0.1) is 18.7 Å². The van der Waals surface area contributed by atoms with Gasteiger partial charge in [0.2, 0.25) is 10.0 Å². The zero-order chi connectivity index (χ0) is 24.6. The van der Waals surface area contributed by atoms with E-state index in [1.54, 1.807) is 30.5 Å². The van der Waals surface area contributed by atoms with E-state index in [1.165, 1.54) is 10.5 Å². The van der Waals surface area contributed by atoms with Crippen LogP contribution in [-0.4, -0.2) is 52.3 Å². The molecule has 0 spiro atoms. The van der Waals surface area contributed by atoms with Crippen LogP contribution in [0.1, 0.15) is 18.4 Å². The van der Waals surface area contributed by atoms with Gasteiger partial charge < -0.3 is 10.3 Å². The molecule has 1 saturated heterocycles. The molecule has 1 aliphatic rings. The molecule has 0 saturated carbocycles. The molecular formula is C24H24ClFN6O2S. The molecule has 0 bridgehead atoms. The Kier molecular flexibility index (Phi) is 6.43. The summed E-state index contributed by atoms with van der Waals surface area (Å²) in [5.41, 5.74) is 2.18. The van der Waals surface area contributed by atoms with Crippen LogP contribution in [-0.2, 0) is 10.0 Å². The number of nitrogens with one attached hydrogen (secondary N) is 2. The number of nitrogens with zero attached hydrogens (tertiary/aromatic N) is 4. The maximum atomic E-state index is 14.5. The molecular weight excluding hydrogens is 491 g/mol. The van der Waals surface area contributed by atoms with Crippen LogP contribution in [0.15, 0.2) is 53.8 Å². The molecule has 5 rings (SSSR count). The third kappa shape index (κ3) is 4.86. The number of hydrogen-bond acceptors (Lipinski definition) is 6. The van der Waals surface area contributed by atoms with Gasteiger partial charge in [0.05, 0.1) is 16.1 Å². The van der Waals surface area contributed by atoms with E-state index in [0.717, 1.165) is 30.0 Å². The smallest absolute Gasteiger partial charge is 0.243 e. The molecule has 8 nitrogen and oxygen atoms in total. The van der Waals surface area contributed by atoms with Crippen LogP contribution >= 0.6 is 11.6 Å². The molecule has 4 aromatic rings. The first kappa shape index (κ1) is 23.7. The second-order valence-corrected chi connectivity index (χ2v) is 11.1. The highest BCUT2D eigenvalue weighted by molar-refractivity contribution is 7.89. The van der Waals surface area contributed by atoms with Gasteiger partial charge in [-0.1, -0.05) is 23.7 Å². The lowest BCUT2D eigenvalue weighted by Gasteiger charge is -2.32. The van der Waals surface area contributed by atoms with Crippen LogP contribution in [0.5, 0.6) is 0 Å². The van der Waals surface area contributed by atoms with Crippen molar-refractivity contribution in [2.45, 2.75) is 24.7 Å². The first-order valence-corrected chi connectivity index (χ1v) is 13.1. The Hall–Kier alpha value is -3.08. The summed E-state index contributed by atoms with van der Waals surface area (Å²) in [4.78, 5) is 16.1. The molecule has 0 unspecified atom stereocenters. The van der Waals surface area contributed by atoms with E-state index < -0.39 is 15.8 Å². The number of pyridine rings is 1. The van der Waals surface area contributed by atoms with E-state index in [1.807, 2.05) is 13.0 Å². The molecule has 1 atom stereocenters. The molecule has 1 aromatic carbocycles. The predicted molar refractivity (Wildman–Crippen MR) is 133 cm³/mol. The number of aromatic amines is 1. The van der Waals surface area contributed by atoms with Gasteiger partial charge in [0.25, 0.3) is 0 Å². The molecule has 35 heavy (non-hydrogen) atoms. The third-order valence-electron chi connectivity index (χ3n) is 6.15. The summed E-state index contributed by atoms with van der Waals surface area (Å²) in [5.74, 6) is -0.170. The summed E-state index contributed by atoms with van der Waals surface area (Å²) in [6, 6.07) is 8.67. The highest BCUT2D eigenvalue weighted by Crippen LogP contribution is 2.29. The van der Waals surface area contributed by atoms with Gasteiger partial charge in [-0.2, -0.15) is 4.31 Å². The standard InChI is InChI=1S/C24H24ClFN6O2S/c1-15-4-2-6-18(8-15)35(33,34)32-7-3-5-16(14-32)10-27-24-21(26)13-30-23(31-24)20-12-29-22-19(20)9-17(25)11-28-22/h2,4,6,8-9,11-13,16H,3,5,7,10,14H2,1H3,(H,28,29)(H,27,30,31)/t16-/m1/s1. The quantitative estimate of drug-likeness (QED) is 0.388. The number of sulfonamides is 1. The Morgan fingerprint density at radius 1 is 1.26 bits per heavy atom. The third-order valence-corrected chi connectivity index (χ3v) is 8.22. The topological polar surface area (TPSA) is 104 Å². The van der Waals surface area contributed by atoms with E-state index in [2.05, 4.69) is 25.3 Å². The number of halogens is 2. The average molecular weight is 515 g/mol. The van der Waals surface area contributed by atoms with Crippen molar-refractivity contribution in [2.75, 3.05) is 25.0 Å². The zero-order valence-electron chi connectivity index (χ0n) is 19.0. The number of H-pyrrole nitrogens is 1. The van der Waals surface area contributed by atoms with E-state index in [-0.39, 0.29) is 11.7 Å². The Balaban J connectivity index is 1.32. The van der Waals surface area contributed by atoms with Gasteiger partial charge in [-0.25, -0.2) is 27.8 Å². The molecule has 2 N–H and O–H groups in total. The van der Waals surface area contributed by atoms with Gasteiger partial charge in [0.1, 0.15) is 5.65 Å². The highest BCUT2D eigenvalue weighted by Gasteiger charge is 2.30. The van der Waals surface area contributed by atoms with E-state index in [0.29, 0.717) is 46.6 Å². The number of hydrogen-bond donors (Lipinski definition) is 2. The summed E-state index contributed by atoms with van der Waals surface area (Å²) in [7, 11) is -3.58. The molecule has 1 fully saturated rings. The molecule has 4 heterocycles. The predicted octanol–water partition coefficient (Wildman–Crippen LogP) is 4.63. The number of benzene rings is 1. The van der Waals surface area contributed by atoms with Crippen molar-refractivity contribution < 1.29 is 12.8 Å². The number of anilines is 1. The van der Waals surface area contributed by atoms with Crippen LogP contribution in [0.4, 0.5) is 10.2 Å². The minimum atomic E-state index is -3.58. The number of piperidine rings is 1. The summed E-state index contributed by atoms with van der Waals surface area (Å²) >= 11 is 6.08. The van der Waals surface area contributed by atoms with Crippen molar-refractivity contribution in [3.05, 3.63) is 65.3 Å². The highest BCUT2D eigenvalue weighted by atomic mass is 35.5. The number of aromatic nitrogens is 4. The first-order chi connectivity index (χ1) is 16.8. The summed E-state index contributed by atoms with van der Waals surface area (Å²) in [6.45, 7) is 3.08. The second kappa shape index (κ2) is 9.52. The maximum Gasteiger partial charge on any atom is 0.243 e. The van der Waals surface area contributed by atoms with Crippen molar-refractivity contribution in [2.24, 2.45) is 5.92 Å². The zero-order valence-corrected chi connectivity index (χ0v) is 20.6. The minimum Gasteiger partial charge on any atom is -0.367 e. The first-order valence-electron chi connectivity index (χ1n) is 11.3. The largest absolute Gasteiger partial charge is 0.367 e. The van der Waals surface area contributed by atoms with Crippen LogP contribution < -0.4 is 5.32 Å². The van der Waals surface area contributed by atoms with Gasteiger partial charge in [0.15, 0.2) is 17.5 Å². The van der Waals surface area contributed by atoms with Crippen molar-refractivity contribution in [3.63, 3.8) is 0 Å². The van der Waals surface area contributed by atoms with Crippen molar-refractivity contribution >= 4 is 38.5 Å². The number of rotatable bonds is 6. The molecule has 3 aromatic heterocycles. The van der Waals surface area contributed by atoms with E-state index in [9.17, 15) is 12.8 Å². The fourth-order valence-corrected chi connectivity index (χ4v) is 6.18.